The number of rotatable bonds is 3. The van der Waals surface area contributed by atoms with Gasteiger partial charge in [0.25, 0.3) is 11.8 Å². The molecule has 36 heavy (non-hydrogen) atoms. The number of hydrogen-bond acceptors (Lipinski definition) is 6. The van der Waals surface area contributed by atoms with Crippen LogP contribution in [0.15, 0.2) is 36.9 Å². The number of amides is 2. The molecule has 2 aromatic rings. The third-order valence-corrected chi connectivity index (χ3v) is 10.00. The molecule has 2 saturated carbocycles. The van der Waals surface area contributed by atoms with Crippen LogP contribution >= 0.6 is 23.2 Å². The van der Waals surface area contributed by atoms with Gasteiger partial charge < -0.3 is 14.9 Å². The van der Waals surface area contributed by atoms with E-state index in [-0.39, 0.29) is 38.9 Å². The first-order chi connectivity index (χ1) is 17.2. The van der Waals surface area contributed by atoms with Crippen LogP contribution < -0.4 is 4.74 Å². The third-order valence-electron chi connectivity index (χ3n) is 9.27. The molecule has 6 atom stereocenters. The lowest BCUT2D eigenvalue weighted by molar-refractivity contribution is -0.318. The largest absolute Gasteiger partial charge is 0.504 e. The minimum Gasteiger partial charge on any atom is -0.504 e. The molecule has 5 aliphatic rings. The summed E-state index contributed by atoms with van der Waals surface area (Å²) in [6.45, 7) is 7.19. The monoisotopic (exact) mass is 526 g/mol. The SMILES string of the molecule is C=CCN1CC2[C@@H]1[C@]1(O)CC[C@@H](N3C(=O)c4cc(Cl)c(Cl)cc4C3=O)[C@@H]3Oc4c(O)ccc(C)c4[C@@]231. The lowest BCUT2D eigenvalue weighted by atomic mass is 9.35. The molecule has 7 nitrogen and oxygen atoms in total. The molecular formula is C27H24Cl2N2O5. The standard InChI is InChI=1S/C27H24Cl2N2O5/c1-3-8-30-11-15-22(30)26(35)7-6-18(23-27(15,26)20-12(2)4-5-19(32)21(20)36-23)31-24(33)13-9-16(28)17(29)10-14(13)25(31)34/h3-5,9-10,15,18,22-23,32,35H,1,6-8,11H2,2H3/t15?,18-,22-,23+,26-,27+/m1/s1. The molecule has 3 heterocycles. The molecule has 2 aromatic carbocycles. The summed E-state index contributed by atoms with van der Waals surface area (Å²) in [4.78, 5) is 30.6. The quantitative estimate of drug-likeness (QED) is 0.468. The number of fused-ring (bicyclic) bond motifs is 4. The smallest absolute Gasteiger partial charge is 0.261 e. The highest BCUT2D eigenvalue weighted by Crippen LogP contribution is 2.73. The van der Waals surface area contributed by atoms with Gasteiger partial charge in [0.2, 0.25) is 0 Å². The Kier molecular flexibility index (Phi) is 4.42. The van der Waals surface area contributed by atoms with E-state index < -0.39 is 35.0 Å². The predicted octanol–water partition coefficient (Wildman–Crippen LogP) is 3.70. The van der Waals surface area contributed by atoms with Gasteiger partial charge in [-0.15, -0.1) is 6.58 Å². The average Bonchev–Trinajstić information content (AvgIpc) is 3.31. The number of piperidine rings is 1. The minimum atomic E-state index is -1.13. The lowest BCUT2D eigenvalue weighted by Crippen LogP contribution is -2.92. The van der Waals surface area contributed by atoms with Crippen LogP contribution in [-0.2, 0) is 5.41 Å². The van der Waals surface area contributed by atoms with Crippen LogP contribution in [0.2, 0.25) is 10.0 Å². The van der Waals surface area contributed by atoms with Crippen molar-refractivity contribution in [2.75, 3.05) is 13.1 Å². The Morgan fingerprint density at radius 3 is 2.50 bits per heavy atom. The number of imide groups is 1. The van der Waals surface area contributed by atoms with Gasteiger partial charge in [-0.25, -0.2) is 0 Å². The first-order valence-corrected chi connectivity index (χ1v) is 12.9. The molecule has 1 spiro atoms. The molecule has 1 unspecified atom stereocenters. The molecule has 3 aliphatic heterocycles. The van der Waals surface area contributed by atoms with E-state index in [0.29, 0.717) is 25.1 Å². The molecule has 2 N–H and O–H groups in total. The Morgan fingerprint density at radius 1 is 1.19 bits per heavy atom. The summed E-state index contributed by atoms with van der Waals surface area (Å²) < 4.78 is 6.48. The molecule has 186 valence electrons. The van der Waals surface area contributed by atoms with E-state index in [1.54, 1.807) is 6.07 Å². The van der Waals surface area contributed by atoms with Crippen LogP contribution in [0.25, 0.3) is 0 Å². The Bertz CT molecular complexity index is 1370. The average molecular weight is 527 g/mol. The second kappa shape index (κ2) is 7.04. The number of aromatic hydroxyl groups is 1. The van der Waals surface area contributed by atoms with E-state index in [4.69, 9.17) is 27.9 Å². The van der Waals surface area contributed by atoms with Gasteiger partial charge in [0.15, 0.2) is 11.5 Å². The van der Waals surface area contributed by atoms with Crippen LogP contribution in [0.4, 0.5) is 0 Å². The number of carbonyl (C=O) groups excluding carboxylic acids is 2. The van der Waals surface area contributed by atoms with Gasteiger partial charge in [-0.1, -0.05) is 35.3 Å². The van der Waals surface area contributed by atoms with Crippen LogP contribution in [0.1, 0.15) is 44.7 Å². The molecule has 0 bridgehead atoms. The van der Waals surface area contributed by atoms with Gasteiger partial charge in [-0.2, -0.15) is 0 Å². The molecule has 2 amide bonds. The maximum absolute atomic E-state index is 13.6. The number of phenols is 1. The van der Waals surface area contributed by atoms with Gasteiger partial charge in [0, 0.05) is 30.6 Å². The summed E-state index contributed by atoms with van der Waals surface area (Å²) in [6, 6.07) is 5.59. The van der Waals surface area contributed by atoms with Gasteiger partial charge in [0.1, 0.15) is 6.10 Å². The number of benzene rings is 2. The highest BCUT2D eigenvalue weighted by molar-refractivity contribution is 6.43. The van der Waals surface area contributed by atoms with E-state index in [9.17, 15) is 19.8 Å². The number of hydrogen-bond donors (Lipinski definition) is 2. The van der Waals surface area contributed by atoms with Crippen LogP contribution in [0.5, 0.6) is 11.5 Å². The first-order valence-electron chi connectivity index (χ1n) is 12.1. The maximum Gasteiger partial charge on any atom is 0.261 e. The predicted molar refractivity (Wildman–Crippen MR) is 133 cm³/mol. The summed E-state index contributed by atoms with van der Waals surface area (Å²) >= 11 is 12.3. The van der Waals surface area contributed by atoms with Crippen molar-refractivity contribution in [2.24, 2.45) is 5.92 Å². The van der Waals surface area contributed by atoms with Gasteiger partial charge in [-0.05, 0) is 43.5 Å². The molecule has 3 fully saturated rings. The van der Waals surface area contributed by atoms with Crippen molar-refractivity contribution in [2.45, 2.75) is 49.0 Å². The van der Waals surface area contributed by atoms with Crippen LogP contribution in [0.3, 0.4) is 0 Å². The van der Waals surface area contributed by atoms with Gasteiger partial charge >= 0.3 is 0 Å². The van der Waals surface area contributed by atoms with E-state index in [1.807, 2.05) is 19.1 Å². The van der Waals surface area contributed by atoms with Gasteiger partial charge in [0.05, 0.1) is 38.2 Å². The highest BCUT2D eigenvalue weighted by atomic mass is 35.5. The fraction of sp³-hybridized carbons (Fsp3) is 0.407. The first kappa shape index (κ1) is 22.6. The summed E-state index contributed by atoms with van der Waals surface area (Å²) in [5.74, 6) is -0.508. The number of likely N-dealkylation sites (tertiary alicyclic amines) is 1. The number of nitrogens with zero attached hydrogens (tertiary/aromatic N) is 2. The molecule has 0 aromatic heterocycles. The van der Waals surface area contributed by atoms with E-state index in [0.717, 1.165) is 17.7 Å². The zero-order chi connectivity index (χ0) is 25.3. The molecular weight excluding hydrogens is 503 g/mol. The fourth-order valence-electron chi connectivity index (χ4n) is 8.03. The summed E-state index contributed by atoms with van der Waals surface area (Å²) in [5, 5.41) is 23.5. The number of aliphatic hydroxyl groups is 1. The van der Waals surface area contributed by atoms with E-state index in [1.165, 1.54) is 17.0 Å². The van der Waals surface area contributed by atoms with E-state index >= 15 is 0 Å². The molecule has 2 aliphatic carbocycles. The van der Waals surface area contributed by atoms with Crippen LogP contribution in [-0.4, -0.2) is 68.7 Å². The third kappa shape index (κ3) is 2.30. The van der Waals surface area contributed by atoms with Gasteiger partial charge in [-0.3, -0.25) is 19.4 Å². The van der Waals surface area contributed by atoms with Crippen molar-refractivity contribution in [1.29, 1.82) is 0 Å². The second-order valence-electron chi connectivity index (χ2n) is 10.6. The maximum atomic E-state index is 13.6. The molecule has 0 radical (unpaired) electrons. The molecule has 7 rings (SSSR count). The summed E-state index contributed by atoms with van der Waals surface area (Å²) in [6.07, 6.45) is 1.89. The zero-order valence-electron chi connectivity index (χ0n) is 19.5. The van der Waals surface area contributed by atoms with Crippen molar-refractivity contribution >= 4 is 35.0 Å². The zero-order valence-corrected chi connectivity index (χ0v) is 21.0. The van der Waals surface area contributed by atoms with Crippen molar-refractivity contribution in [1.82, 2.24) is 9.80 Å². The second-order valence-corrected chi connectivity index (χ2v) is 11.4. The Morgan fingerprint density at radius 2 is 1.86 bits per heavy atom. The minimum absolute atomic E-state index is 0.00730. The molecule has 9 heteroatoms. The Labute approximate surface area is 217 Å². The summed E-state index contributed by atoms with van der Waals surface area (Å²) in [5.41, 5.74) is 0.154. The topological polar surface area (TPSA) is 90.3 Å². The number of ether oxygens (including phenoxy) is 1. The van der Waals surface area contributed by atoms with Crippen molar-refractivity contribution in [3.05, 3.63) is 69.2 Å². The Balaban J connectivity index is 1.37. The number of halogens is 2. The number of aryl methyl sites for hydroxylation is 1. The number of carbonyl (C=O) groups is 2. The fourth-order valence-corrected chi connectivity index (χ4v) is 8.36. The normalized spacial score (nSPS) is 35.6. The Hall–Kier alpha value is -2.58. The van der Waals surface area contributed by atoms with E-state index in [2.05, 4.69) is 11.5 Å². The lowest BCUT2D eigenvalue weighted by Gasteiger charge is -2.77. The number of phenolic OH excluding ortho intramolecular Hbond substituents is 1. The summed E-state index contributed by atoms with van der Waals surface area (Å²) in [7, 11) is 0. The van der Waals surface area contributed by atoms with Crippen molar-refractivity contribution in [3.8, 4) is 11.5 Å². The molecule has 1 saturated heterocycles. The highest BCUT2D eigenvalue weighted by Gasteiger charge is 2.85. The van der Waals surface area contributed by atoms with Crippen LogP contribution in [0, 0.1) is 12.8 Å². The van der Waals surface area contributed by atoms with Crippen molar-refractivity contribution < 1.29 is 24.5 Å². The van der Waals surface area contributed by atoms with Crippen molar-refractivity contribution in [3.63, 3.8) is 0 Å².